The van der Waals surface area contributed by atoms with Crippen molar-refractivity contribution >= 4 is 6.34 Å². The van der Waals surface area contributed by atoms with Gasteiger partial charge in [-0.15, -0.1) is 0 Å². The van der Waals surface area contributed by atoms with Crippen LogP contribution in [0.5, 0.6) is 0 Å². The van der Waals surface area contributed by atoms with Crippen LogP contribution in [0.15, 0.2) is 5.10 Å². The third kappa shape index (κ3) is 1.32. The topological polar surface area (TPSA) is 67.6 Å². The molecule has 0 radical (unpaired) electrons. The molecular weight excluding hydrogens is 116 g/mol. The van der Waals surface area contributed by atoms with Crippen LogP contribution >= 0.6 is 0 Å². The van der Waals surface area contributed by atoms with Crippen LogP contribution in [-0.2, 0) is 0 Å². The lowest BCUT2D eigenvalue weighted by atomic mass is 9.93. The van der Waals surface area contributed by atoms with Crippen molar-refractivity contribution in [2.45, 2.75) is 25.3 Å². The molecule has 0 aromatic heterocycles. The average molecular weight is 128 g/mol. The van der Waals surface area contributed by atoms with Crippen molar-refractivity contribution in [2.24, 2.45) is 16.8 Å². The number of hydrogen-bond donors (Lipinski definition) is 2. The Bertz CT molecular complexity index is 108. The fraction of sp³-hybridized carbons (Fsp3) is 0.800. The predicted molar refractivity (Wildman–Crippen MR) is 36.3 cm³/mol. The zero-order valence-electron chi connectivity index (χ0n) is 5.33. The molecule has 4 N–H and O–H groups in total. The molecule has 9 heavy (non-hydrogen) atoms. The van der Waals surface area contributed by atoms with Gasteiger partial charge < -0.3 is 5.84 Å². The largest absolute Gasteiger partial charge is 0.322 e. The van der Waals surface area contributed by atoms with Crippen LogP contribution in [0.2, 0.25) is 0 Å². The van der Waals surface area contributed by atoms with Gasteiger partial charge >= 0.3 is 0 Å². The van der Waals surface area contributed by atoms with Gasteiger partial charge in [-0.2, -0.15) is 5.10 Å². The highest BCUT2D eigenvalue weighted by Gasteiger charge is 2.20. The maximum absolute atomic E-state index is 5.49. The zero-order valence-corrected chi connectivity index (χ0v) is 5.33. The first-order valence-corrected chi connectivity index (χ1v) is 3.11. The van der Waals surface area contributed by atoms with Gasteiger partial charge in [0, 0.05) is 6.04 Å². The summed E-state index contributed by atoms with van der Waals surface area (Å²) >= 11 is 0. The lowest BCUT2D eigenvalue weighted by Crippen LogP contribution is -2.44. The summed E-state index contributed by atoms with van der Waals surface area (Å²) < 4.78 is 0. The van der Waals surface area contributed by atoms with Crippen LogP contribution in [0.1, 0.15) is 19.3 Å². The molecule has 0 aliphatic heterocycles. The van der Waals surface area contributed by atoms with E-state index in [1.165, 1.54) is 25.6 Å². The highest BCUT2D eigenvalue weighted by atomic mass is 15.4. The molecule has 1 aliphatic carbocycles. The molecule has 52 valence electrons. The molecule has 4 nitrogen and oxygen atoms in total. The van der Waals surface area contributed by atoms with E-state index in [1.807, 2.05) is 0 Å². The molecule has 0 spiro atoms. The molecule has 1 aliphatic rings. The van der Waals surface area contributed by atoms with Crippen molar-refractivity contribution in [2.75, 3.05) is 0 Å². The summed E-state index contributed by atoms with van der Waals surface area (Å²) in [6.45, 7) is 0. The van der Waals surface area contributed by atoms with Gasteiger partial charge in [-0.3, -0.25) is 5.01 Å². The van der Waals surface area contributed by atoms with Crippen molar-refractivity contribution in [3.8, 4) is 0 Å². The molecule has 0 atom stereocenters. The molecular formula is C5H12N4. The predicted octanol–water partition coefficient (Wildman–Crippen LogP) is -0.383. The Labute approximate surface area is 54.5 Å². The Hall–Kier alpha value is -0.770. The van der Waals surface area contributed by atoms with Crippen molar-refractivity contribution < 1.29 is 0 Å². The second-order valence-corrected chi connectivity index (χ2v) is 2.30. The smallest absolute Gasteiger partial charge is 0.125 e. The third-order valence-electron chi connectivity index (χ3n) is 1.70. The number of hydrazone groups is 1. The molecule has 0 aromatic carbocycles. The molecule has 0 bridgehead atoms. The molecule has 0 saturated heterocycles. The summed E-state index contributed by atoms with van der Waals surface area (Å²) in [6.07, 6.45) is 5.08. The van der Waals surface area contributed by atoms with Crippen LogP contribution in [0, 0.1) is 0 Å². The highest BCUT2D eigenvalue weighted by Crippen LogP contribution is 2.21. The van der Waals surface area contributed by atoms with Gasteiger partial charge in [0.25, 0.3) is 0 Å². The number of nitrogens with two attached hydrogens (primary N) is 2. The average Bonchev–Trinajstić information content (AvgIpc) is 1.60. The summed E-state index contributed by atoms with van der Waals surface area (Å²) in [4.78, 5) is 0. The van der Waals surface area contributed by atoms with E-state index in [1.54, 1.807) is 5.01 Å². The Morgan fingerprint density at radius 2 is 2.22 bits per heavy atom. The minimum Gasteiger partial charge on any atom is -0.322 e. The number of hydrogen-bond acceptors (Lipinski definition) is 3. The van der Waals surface area contributed by atoms with Crippen LogP contribution in [0.3, 0.4) is 0 Å². The van der Waals surface area contributed by atoms with Gasteiger partial charge in [-0.25, -0.2) is 5.84 Å². The summed E-state index contributed by atoms with van der Waals surface area (Å²) in [5.41, 5.74) is 0. The molecule has 4 heteroatoms. The molecule has 1 fully saturated rings. The maximum atomic E-state index is 5.49. The molecule has 1 saturated carbocycles. The van der Waals surface area contributed by atoms with Crippen LogP contribution < -0.4 is 11.7 Å². The molecule has 1 rings (SSSR count). The van der Waals surface area contributed by atoms with Gasteiger partial charge in [0.1, 0.15) is 6.34 Å². The Kier molecular flexibility index (Phi) is 1.89. The van der Waals surface area contributed by atoms with Crippen LogP contribution in [0.25, 0.3) is 0 Å². The van der Waals surface area contributed by atoms with E-state index in [-0.39, 0.29) is 0 Å². The van der Waals surface area contributed by atoms with E-state index < -0.39 is 0 Å². The number of rotatable bonds is 2. The Morgan fingerprint density at radius 3 is 2.56 bits per heavy atom. The Morgan fingerprint density at radius 1 is 1.56 bits per heavy atom. The number of nitrogens with zero attached hydrogens (tertiary/aromatic N) is 2. The van der Waals surface area contributed by atoms with E-state index >= 15 is 0 Å². The SMILES string of the molecule is N/N=C\N(N)C1CCC1. The molecule has 0 amide bonds. The highest BCUT2D eigenvalue weighted by molar-refractivity contribution is 5.53. The van der Waals surface area contributed by atoms with Crippen molar-refractivity contribution in [3.63, 3.8) is 0 Å². The zero-order chi connectivity index (χ0) is 6.69. The van der Waals surface area contributed by atoms with Gasteiger partial charge in [0.15, 0.2) is 0 Å². The lowest BCUT2D eigenvalue weighted by molar-refractivity contribution is 0.218. The standard InChI is InChI=1S/C5H12N4/c6-8-4-9(7)5-2-1-3-5/h4-5H,1-3,6-7H2/b8-4-. The van der Waals surface area contributed by atoms with Gasteiger partial charge in [0.2, 0.25) is 0 Å². The Balaban J connectivity index is 2.23. The second kappa shape index (κ2) is 2.68. The molecule has 0 heterocycles. The third-order valence-corrected chi connectivity index (χ3v) is 1.70. The van der Waals surface area contributed by atoms with Crippen LogP contribution in [-0.4, -0.2) is 17.4 Å². The first-order valence-electron chi connectivity index (χ1n) is 3.11. The van der Waals surface area contributed by atoms with Crippen molar-refractivity contribution in [1.82, 2.24) is 5.01 Å². The first-order chi connectivity index (χ1) is 4.34. The van der Waals surface area contributed by atoms with Crippen molar-refractivity contribution in [3.05, 3.63) is 0 Å². The van der Waals surface area contributed by atoms with Crippen LogP contribution in [0.4, 0.5) is 0 Å². The van der Waals surface area contributed by atoms with Gasteiger partial charge in [-0.05, 0) is 19.3 Å². The van der Waals surface area contributed by atoms with E-state index in [9.17, 15) is 0 Å². The molecule has 0 unspecified atom stereocenters. The minimum atomic E-state index is 0.484. The van der Waals surface area contributed by atoms with Gasteiger partial charge in [0.05, 0.1) is 0 Å². The molecule has 0 aromatic rings. The van der Waals surface area contributed by atoms with E-state index in [0.717, 1.165) is 0 Å². The fourth-order valence-corrected chi connectivity index (χ4v) is 0.856. The first kappa shape index (κ1) is 6.35. The van der Waals surface area contributed by atoms with E-state index in [2.05, 4.69) is 5.10 Å². The quantitative estimate of drug-likeness (QED) is 0.230. The summed E-state index contributed by atoms with van der Waals surface area (Å²) in [5.74, 6) is 10.4. The summed E-state index contributed by atoms with van der Waals surface area (Å²) in [7, 11) is 0. The van der Waals surface area contributed by atoms with Crippen molar-refractivity contribution in [1.29, 1.82) is 0 Å². The summed E-state index contributed by atoms with van der Waals surface area (Å²) in [6, 6.07) is 0.484. The minimum absolute atomic E-state index is 0.484. The van der Waals surface area contributed by atoms with E-state index in [0.29, 0.717) is 6.04 Å². The lowest BCUT2D eigenvalue weighted by Gasteiger charge is -2.31. The van der Waals surface area contributed by atoms with Gasteiger partial charge in [-0.1, -0.05) is 0 Å². The fourth-order valence-electron chi connectivity index (χ4n) is 0.856. The maximum Gasteiger partial charge on any atom is 0.125 e. The second-order valence-electron chi connectivity index (χ2n) is 2.30. The summed E-state index contributed by atoms with van der Waals surface area (Å²) in [5, 5.41) is 4.89. The normalized spacial score (nSPS) is 20.1. The monoisotopic (exact) mass is 128 g/mol. The number of hydrazine groups is 1. The van der Waals surface area contributed by atoms with E-state index in [4.69, 9.17) is 11.7 Å².